The van der Waals surface area contributed by atoms with Crippen LogP contribution in [-0.4, -0.2) is 52.4 Å². The number of nitrogens with zero attached hydrogens (tertiary/aromatic N) is 3. The predicted molar refractivity (Wildman–Crippen MR) is 76.4 cm³/mol. The zero-order chi connectivity index (χ0) is 13.6. The van der Waals surface area contributed by atoms with E-state index in [9.17, 15) is 4.79 Å². The molecule has 2 fully saturated rings. The fourth-order valence-electron chi connectivity index (χ4n) is 3.22. The van der Waals surface area contributed by atoms with Crippen LogP contribution in [0.25, 0.3) is 0 Å². The minimum atomic E-state index is 0.103. The second-order valence-corrected chi connectivity index (χ2v) is 6.59. The first-order chi connectivity index (χ1) is 9.06. The summed E-state index contributed by atoms with van der Waals surface area (Å²) < 4.78 is 0. The van der Waals surface area contributed by atoms with Crippen molar-refractivity contribution in [1.82, 2.24) is 14.8 Å². The zero-order valence-electron chi connectivity index (χ0n) is 11.4. The highest BCUT2D eigenvalue weighted by Gasteiger charge is 2.37. The zero-order valence-corrected chi connectivity index (χ0v) is 12.2. The molecule has 0 spiro atoms. The van der Waals surface area contributed by atoms with Gasteiger partial charge >= 0.3 is 0 Å². The van der Waals surface area contributed by atoms with Gasteiger partial charge in [-0.1, -0.05) is 11.3 Å². The van der Waals surface area contributed by atoms with Gasteiger partial charge in [-0.2, -0.15) is 0 Å². The maximum absolute atomic E-state index is 12.7. The summed E-state index contributed by atoms with van der Waals surface area (Å²) in [6.07, 6.45) is 2.46. The van der Waals surface area contributed by atoms with Gasteiger partial charge in [0.15, 0.2) is 5.13 Å². The molecule has 5 nitrogen and oxygen atoms in total. The van der Waals surface area contributed by atoms with Crippen molar-refractivity contribution in [2.45, 2.75) is 38.8 Å². The number of fused-ring (bicyclic) bond motifs is 1. The van der Waals surface area contributed by atoms with Crippen LogP contribution >= 0.6 is 11.3 Å². The van der Waals surface area contributed by atoms with Crippen LogP contribution in [0.2, 0.25) is 0 Å². The van der Waals surface area contributed by atoms with Gasteiger partial charge in [0.2, 0.25) is 0 Å². The molecule has 0 bridgehead atoms. The van der Waals surface area contributed by atoms with Crippen molar-refractivity contribution >= 4 is 22.4 Å². The maximum atomic E-state index is 12.7. The Labute approximate surface area is 117 Å². The summed E-state index contributed by atoms with van der Waals surface area (Å²) in [4.78, 5) is 22.0. The molecule has 19 heavy (non-hydrogen) atoms. The molecule has 1 amide bonds. The summed E-state index contributed by atoms with van der Waals surface area (Å²) in [5, 5.41) is 0.480. The van der Waals surface area contributed by atoms with Crippen molar-refractivity contribution in [2.75, 3.05) is 25.4 Å². The van der Waals surface area contributed by atoms with Crippen LogP contribution in [0, 0.1) is 6.92 Å². The van der Waals surface area contributed by atoms with Crippen LogP contribution in [0.4, 0.5) is 5.13 Å². The third-order valence-corrected chi connectivity index (χ3v) is 5.18. The normalized spacial score (nSPS) is 27.6. The van der Waals surface area contributed by atoms with Crippen LogP contribution in [0.1, 0.15) is 35.1 Å². The second kappa shape index (κ2) is 4.76. The third-order valence-electron chi connectivity index (χ3n) is 4.21. The number of nitrogen functional groups attached to an aromatic ring is 1. The van der Waals surface area contributed by atoms with Crippen molar-refractivity contribution < 1.29 is 4.79 Å². The fourth-order valence-corrected chi connectivity index (χ4v) is 4.01. The molecule has 2 N–H and O–H groups in total. The average molecular weight is 280 g/mol. The molecule has 1 aromatic rings. The molecule has 1 aromatic heterocycles. The Morgan fingerprint density at radius 3 is 2.95 bits per heavy atom. The second-order valence-electron chi connectivity index (χ2n) is 5.56. The van der Waals surface area contributed by atoms with Crippen molar-refractivity contribution in [3.63, 3.8) is 0 Å². The Hall–Kier alpha value is -1.14. The SMILES string of the molecule is Cc1nc(N)sc1C(=O)N1CC2CCCN2CC1C. The number of aryl methyl sites for hydroxylation is 1. The summed E-state index contributed by atoms with van der Waals surface area (Å²) in [6, 6.07) is 0.815. The van der Waals surface area contributed by atoms with E-state index in [1.165, 1.54) is 30.7 Å². The summed E-state index contributed by atoms with van der Waals surface area (Å²) >= 11 is 1.31. The number of anilines is 1. The number of thiazole rings is 1. The first kappa shape index (κ1) is 12.9. The van der Waals surface area contributed by atoms with E-state index < -0.39 is 0 Å². The van der Waals surface area contributed by atoms with Crippen LogP contribution in [0.15, 0.2) is 0 Å². The van der Waals surface area contributed by atoms with E-state index in [0.29, 0.717) is 16.1 Å². The van der Waals surface area contributed by atoms with Gasteiger partial charge in [-0.25, -0.2) is 4.98 Å². The standard InChI is InChI=1S/C13H20N4OS/c1-8-6-16-5-3-4-10(16)7-17(8)12(18)11-9(2)15-13(14)19-11/h8,10H,3-7H2,1-2H3,(H2,14,15). The van der Waals surface area contributed by atoms with Gasteiger partial charge in [-0.05, 0) is 33.2 Å². The Morgan fingerprint density at radius 1 is 1.47 bits per heavy atom. The van der Waals surface area contributed by atoms with Crippen LogP contribution in [-0.2, 0) is 0 Å². The molecule has 6 heteroatoms. The van der Waals surface area contributed by atoms with E-state index in [2.05, 4.69) is 16.8 Å². The fraction of sp³-hybridized carbons (Fsp3) is 0.692. The number of hydrogen-bond donors (Lipinski definition) is 1. The monoisotopic (exact) mass is 280 g/mol. The Kier molecular flexibility index (Phi) is 3.22. The number of aromatic nitrogens is 1. The van der Waals surface area contributed by atoms with Gasteiger partial charge in [0.05, 0.1) is 5.69 Å². The van der Waals surface area contributed by atoms with E-state index in [4.69, 9.17) is 5.73 Å². The van der Waals surface area contributed by atoms with Gasteiger partial charge in [0.25, 0.3) is 5.91 Å². The Balaban J connectivity index is 1.81. The highest BCUT2D eigenvalue weighted by Crippen LogP contribution is 2.28. The topological polar surface area (TPSA) is 62.5 Å². The lowest BCUT2D eigenvalue weighted by Gasteiger charge is -2.42. The molecular formula is C13H20N4OS. The average Bonchev–Trinajstić information content (AvgIpc) is 2.93. The number of rotatable bonds is 1. The number of carbonyl (C=O) groups is 1. The highest BCUT2D eigenvalue weighted by atomic mass is 32.1. The molecule has 2 saturated heterocycles. The maximum Gasteiger partial charge on any atom is 0.266 e. The quantitative estimate of drug-likeness (QED) is 0.843. The Morgan fingerprint density at radius 2 is 2.26 bits per heavy atom. The number of piperazine rings is 1. The van der Waals surface area contributed by atoms with E-state index in [0.717, 1.165) is 18.8 Å². The molecule has 104 valence electrons. The highest BCUT2D eigenvalue weighted by molar-refractivity contribution is 7.17. The van der Waals surface area contributed by atoms with E-state index in [1.54, 1.807) is 0 Å². The van der Waals surface area contributed by atoms with Crippen LogP contribution < -0.4 is 5.73 Å². The molecule has 0 aliphatic carbocycles. The summed E-state index contributed by atoms with van der Waals surface area (Å²) in [7, 11) is 0. The lowest BCUT2D eigenvalue weighted by molar-refractivity contribution is 0.0399. The summed E-state index contributed by atoms with van der Waals surface area (Å²) in [5.74, 6) is 0.103. The first-order valence-electron chi connectivity index (χ1n) is 6.84. The molecule has 3 heterocycles. The molecular weight excluding hydrogens is 260 g/mol. The van der Waals surface area contributed by atoms with Crippen LogP contribution in [0.3, 0.4) is 0 Å². The van der Waals surface area contributed by atoms with E-state index in [1.807, 2.05) is 11.8 Å². The molecule has 2 aliphatic heterocycles. The molecule has 0 radical (unpaired) electrons. The van der Waals surface area contributed by atoms with Gasteiger partial charge in [0, 0.05) is 25.2 Å². The van der Waals surface area contributed by atoms with Crippen molar-refractivity contribution in [3.8, 4) is 0 Å². The van der Waals surface area contributed by atoms with Crippen molar-refractivity contribution in [2.24, 2.45) is 0 Å². The minimum Gasteiger partial charge on any atom is -0.375 e. The van der Waals surface area contributed by atoms with Crippen molar-refractivity contribution in [1.29, 1.82) is 0 Å². The molecule has 0 aromatic carbocycles. The molecule has 2 atom stereocenters. The summed E-state index contributed by atoms with van der Waals surface area (Å²) in [6.45, 7) is 7.01. The predicted octanol–water partition coefficient (Wildman–Crippen LogP) is 1.34. The van der Waals surface area contributed by atoms with Crippen LogP contribution in [0.5, 0.6) is 0 Å². The summed E-state index contributed by atoms with van der Waals surface area (Å²) in [5.41, 5.74) is 6.45. The number of nitrogens with two attached hydrogens (primary N) is 1. The van der Waals surface area contributed by atoms with E-state index >= 15 is 0 Å². The smallest absolute Gasteiger partial charge is 0.266 e. The number of carbonyl (C=O) groups excluding carboxylic acids is 1. The number of hydrogen-bond acceptors (Lipinski definition) is 5. The van der Waals surface area contributed by atoms with E-state index in [-0.39, 0.29) is 11.9 Å². The largest absolute Gasteiger partial charge is 0.375 e. The molecule has 0 saturated carbocycles. The minimum absolute atomic E-state index is 0.103. The van der Waals surface area contributed by atoms with Gasteiger partial charge in [-0.15, -0.1) is 0 Å². The van der Waals surface area contributed by atoms with Gasteiger partial charge < -0.3 is 10.6 Å². The van der Waals surface area contributed by atoms with Crippen molar-refractivity contribution in [3.05, 3.63) is 10.6 Å². The third kappa shape index (κ3) is 2.23. The molecule has 2 aliphatic rings. The lowest BCUT2D eigenvalue weighted by Crippen LogP contribution is -2.56. The first-order valence-corrected chi connectivity index (χ1v) is 7.66. The lowest BCUT2D eigenvalue weighted by atomic mass is 10.1. The van der Waals surface area contributed by atoms with Gasteiger partial charge in [-0.3, -0.25) is 9.69 Å². The number of amides is 1. The Bertz CT molecular complexity index is 501. The molecule has 3 rings (SSSR count). The molecule has 2 unspecified atom stereocenters. The van der Waals surface area contributed by atoms with Gasteiger partial charge in [0.1, 0.15) is 4.88 Å².